The van der Waals surface area contributed by atoms with E-state index in [2.05, 4.69) is 29.9 Å². The molecule has 0 unspecified atom stereocenters. The van der Waals surface area contributed by atoms with Crippen LogP contribution in [-0.2, 0) is 0 Å². The van der Waals surface area contributed by atoms with Crippen LogP contribution in [0.4, 0.5) is 0 Å². The second-order valence-electron chi connectivity index (χ2n) is 3.13. The number of hydrogen-bond donors (Lipinski definition) is 2. The molecule has 2 heterocycles. The van der Waals surface area contributed by atoms with Gasteiger partial charge >= 0.3 is 0 Å². The third-order valence-electron chi connectivity index (χ3n) is 2.25. The van der Waals surface area contributed by atoms with Gasteiger partial charge in [0.2, 0.25) is 0 Å². The first-order chi connectivity index (χ1) is 4.81. The SMILES string of the molecule is CN1CC2(CCN2)C1.CS. The van der Waals surface area contributed by atoms with Gasteiger partial charge in [-0.25, -0.2) is 0 Å². The molecule has 0 saturated carbocycles. The Morgan fingerprint density at radius 1 is 1.40 bits per heavy atom. The van der Waals surface area contributed by atoms with Crippen LogP contribution < -0.4 is 5.32 Å². The topological polar surface area (TPSA) is 15.3 Å². The molecule has 0 atom stereocenters. The molecule has 2 aliphatic heterocycles. The van der Waals surface area contributed by atoms with Gasteiger partial charge in [-0.05, 0) is 26.3 Å². The number of nitrogens with one attached hydrogen (secondary N) is 1. The van der Waals surface area contributed by atoms with E-state index in [9.17, 15) is 0 Å². The van der Waals surface area contributed by atoms with Gasteiger partial charge in [0.1, 0.15) is 0 Å². The van der Waals surface area contributed by atoms with Crippen molar-refractivity contribution >= 4 is 12.6 Å². The molecule has 2 aliphatic rings. The lowest BCUT2D eigenvalue weighted by Crippen LogP contribution is -2.74. The van der Waals surface area contributed by atoms with Crippen molar-refractivity contribution in [3.05, 3.63) is 0 Å². The van der Waals surface area contributed by atoms with E-state index in [0.29, 0.717) is 5.54 Å². The molecule has 0 aliphatic carbocycles. The summed E-state index contributed by atoms with van der Waals surface area (Å²) in [6.45, 7) is 3.79. The fourth-order valence-electron chi connectivity index (χ4n) is 1.74. The van der Waals surface area contributed by atoms with Crippen LogP contribution >= 0.6 is 12.6 Å². The smallest absolute Gasteiger partial charge is 0.0449 e. The number of hydrogen-bond acceptors (Lipinski definition) is 3. The van der Waals surface area contributed by atoms with Crippen molar-refractivity contribution in [2.24, 2.45) is 0 Å². The summed E-state index contributed by atoms with van der Waals surface area (Å²) in [6.07, 6.45) is 3.09. The molecule has 1 N–H and O–H groups in total. The van der Waals surface area contributed by atoms with Gasteiger partial charge in [0, 0.05) is 18.6 Å². The molecule has 2 nitrogen and oxygen atoms in total. The summed E-state index contributed by atoms with van der Waals surface area (Å²) < 4.78 is 0. The highest BCUT2D eigenvalue weighted by atomic mass is 32.1. The van der Waals surface area contributed by atoms with Gasteiger partial charge in [0.05, 0.1) is 0 Å². The average Bonchev–Trinajstić information content (AvgIpc) is 1.82. The molecule has 0 radical (unpaired) electrons. The summed E-state index contributed by atoms with van der Waals surface area (Å²) in [5.41, 5.74) is 0.592. The zero-order valence-corrected chi connectivity index (χ0v) is 7.62. The summed E-state index contributed by atoms with van der Waals surface area (Å²) >= 11 is 3.53. The summed E-state index contributed by atoms with van der Waals surface area (Å²) in [5, 5.41) is 3.45. The molecule has 60 valence electrons. The summed E-state index contributed by atoms with van der Waals surface area (Å²) in [5.74, 6) is 0. The zero-order chi connectivity index (χ0) is 7.61. The van der Waals surface area contributed by atoms with E-state index in [1.807, 2.05) is 0 Å². The van der Waals surface area contributed by atoms with Crippen LogP contribution in [0.25, 0.3) is 0 Å². The maximum Gasteiger partial charge on any atom is 0.0449 e. The molecule has 2 rings (SSSR count). The van der Waals surface area contributed by atoms with Crippen molar-refractivity contribution in [3.63, 3.8) is 0 Å². The maximum absolute atomic E-state index is 3.53. The lowest BCUT2D eigenvalue weighted by Gasteiger charge is -2.55. The molecule has 0 amide bonds. The third kappa shape index (κ3) is 1.31. The molecule has 2 fully saturated rings. The molecular formula is C7H16N2S. The summed E-state index contributed by atoms with van der Waals surface area (Å²) in [4.78, 5) is 2.35. The van der Waals surface area contributed by atoms with Gasteiger partial charge in [-0.2, -0.15) is 12.6 Å². The highest BCUT2D eigenvalue weighted by Gasteiger charge is 2.45. The van der Waals surface area contributed by atoms with Crippen molar-refractivity contribution in [1.29, 1.82) is 0 Å². The summed E-state index contributed by atoms with van der Waals surface area (Å²) in [6, 6.07) is 0. The van der Waals surface area contributed by atoms with Crippen LogP contribution in [0.15, 0.2) is 0 Å². The predicted octanol–water partition coefficient (Wildman–Crippen LogP) is 0.210. The Morgan fingerprint density at radius 2 is 1.90 bits per heavy atom. The minimum atomic E-state index is 0.592. The minimum absolute atomic E-state index is 0.592. The normalized spacial score (nSPS) is 27.9. The molecule has 10 heavy (non-hydrogen) atoms. The van der Waals surface area contributed by atoms with E-state index < -0.39 is 0 Å². The van der Waals surface area contributed by atoms with E-state index >= 15 is 0 Å². The maximum atomic E-state index is 3.53. The molecule has 0 aromatic carbocycles. The predicted molar refractivity (Wildman–Crippen MR) is 47.8 cm³/mol. The largest absolute Gasteiger partial charge is 0.309 e. The molecule has 0 aromatic rings. The second-order valence-corrected chi connectivity index (χ2v) is 3.13. The highest BCUT2D eigenvalue weighted by Crippen LogP contribution is 2.28. The van der Waals surface area contributed by atoms with Crippen LogP contribution in [0.2, 0.25) is 0 Å². The first-order valence-corrected chi connectivity index (χ1v) is 4.59. The van der Waals surface area contributed by atoms with Gasteiger partial charge in [-0.1, -0.05) is 0 Å². The Bertz CT molecular complexity index is 104. The van der Waals surface area contributed by atoms with Crippen molar-refractivity contribution < 1.29 is 0 Å². The van der Waals surface area contributed by atoms with E-state index in [-0.39, 0.29) is 0 Å². The van der Waals surface area contributed by atoms with Crippen molar-refractivity contribution in [3.8, 4) is 0 Å². The Hall–Kier alpha value is 0.270. The Balaban J connectivity index is 0.000000231. The van der Waals surface area contributed by atoms with Gasteiger partial charge in [-0.3, -0.25) is 0 Å². The lowest BCUT2D eigenvalue weighted by atomic mass is 9.81. The van der Waals surface area contributed by atoms with Crippen molar-refractivity contribution in [2.45, 2.75) is 12.0 Å². The average molecular weight is 160 g/mol. The Labute approximate surface area is 68.4 Å². The highest BCUT2D eigenvalue weighted by molar-refractivity contribution is 7.79. The quantitative estimate of drug-likeness (QED) is 0.493. The number of likely N-dealkylation sites (tertiary alicyclic amines) is 1. The van der Waals surface area contributed by atoms with Gasteiger partial charge < -0.3 is 10.2 Å². The van der Waals surface area contributed by atoms with E-state index in [1.54, 1.807) is 6.26 Å². The molecular weight excluding hydrogens is 144 g/mol. The van der Waals surface area contributed by atoms with Crippen LogP contribution in [-0.4, -0.2) is 43.4 Å². The van der Waals surface area contributed by atoms with Crippen molar-refractivity contribution in [2.75, 3.05) is 32.9 Å². The third-order valence-corrected chi connectivity index (χ3v) is 2.25. The Morgan fingerprint density at radius 3 is 2.00 bits per heavy atom. The fourth-order valence-corrected chi connectivity index (χ4v) is 1.74. The second kappa shape index (κ2) is 3.11. The number of nitrogens with zero attached hydrogens (tertiary/aromatic N) is 1. The number of likely N-dealkylation sites (N-methyl/N-ethyl adjacent to an activating group) is 1. The van der Waals surface area contributed by atoms with Gasteiger partial charge in [-0.15, -0.1) is 0 Å². The lowest BCUT2D eigenvalue weighted by molar-refractivity contribution is 0.0136. The molecule has 2 saturated heterocycles. The van der Waals surface area contributed by atoms with Gasteiger partial charge in [0.15, 0.2) is 0 Å². The molecule has 1 spiro atoms. The summed E-state index contributed by atoms with van der Waals surface area (Å²) in [7, 11) is 2.17. The van der Waals surface area contributed by atoms with Crippen LogP contribution in [0.5, 0.6) is 0 Å². The zero-order valence-electron chi connectivity index (χ0n) is 6.72. The van der Waals surface area contributed by atoms with Crippen molar-refractivity contribution in [1.82, 2.24) is 10.2 Å². The van der Waals surface area contributed by atoms with Crippen LogP contribution in [0.3, 0.4) is 0 Å². The molecule has 3 heteroatoms. The van der Waals surface area contributed by atoms with Crippen LogP contribution in [0, 0.1) is 0 Å². The minimum Gasteiger partial charge on any atom is -0.309 e. The van der Waals surface area contributed by atoms with Gasteiger partial charge in [0.25, 0.3) is 0 Å². The monoisotopic (exact) mass is 160 g/mol. The van der Waals surface area contributed by atoms with E-state index in [4.69, 9.17) is 0 Å². The first-order valence-electron chi connectivity index (χ1n) is 3.69. The number of rotatable bonds is 0. The first kappa shape index (κ1) is 8.37. The fraction of sp³-hybridized carbons (Fsp3) is 1.00. The Kier molecular flexibility index (Phi) is 2.61. The van der Waals surface area contributed by atoms with E-state index in [1.165, 1.54) is 26.1 Å². The standard InChI is InChI=1S/C6H12N2.CH4S/c1-8-4-6(5-8)2-3-7-6;1-2/h7H,2-5H2,1H3;2H,1H3. The van der Waals surface area contributed by atoms with E-state index in [0.717, 1.165) is 0 Å². The number of thiol groups is 1. The molecule has 0 aromatic heterocycles. The van der Waals surface area contributed by atoms with Crippen LogP contribution in [0.1, 0.15) is 6.42 Å². The molecule has 0 bridgehead atoms.